The molecule has 0 amide bonds. The van der Waals surface area contributed by atoms with E-state index in [9.17, 15) is 5.11 Å². The fourth-order valence-corrected chi connectivity index (χ4v) is 3.08. The van der Waals surface area contributed by atoms with Crippen LogP contribution in [0.4, 0.5) is 0 Å². The summed E-state index contributed by atoms with van der Waals surface area (Å²) in [6, 6.07) is 5.82. The molecule has 94 valence electrons. The van der Waals surface area contributed by atoms with Crippen LogP contribution in [-0.4, -0.2) is 22.7 Å². The predicted molar refractivity (Wildman–Crippen MR) is 75.8 cm³/mol. The van der Waals surface area contributed by atoms with Gasteiger partial charge in [0, 0.05) is 16.5 Å². The highest BCUT2D eigenvalue weighted by Gasteiger charge is 2.26. The van der Waals surface area contributed by atoms with Crippen molar-refractivity contribution in [2.45, 2.75) is 32.0 Å². The Balaban J connectivity index is 2.04. The minimum absolute atomic E-state index is 0.144. The lowest BCUT2D eigenvalue weighted by molar-refractivity contribution is 0.0648. The zero-order valence-electron chi connectivity index (χ0n) is 9.86. The van der Waals surface area contributed by atoms with Crippen LogP contribution in [0.2, 0.25) is 0 Å². The van der Waals surface area contributed by atoms with E-state index in [-0.39, 0.29) is 12.2 Å². The highest BCUT2D eigenvalue weighted by molar-refractivity contribution is 9.10. The Morgan fingerprint density at radius 2 is 2.35 bits per heavy atom. The molecule has 0 radical (unpaired) electrons. The average molecular weight is 317 g/mol. The number of hydrogen-bond donors (Lipinski definition) is 1. The molecule has 0 saturated carbocycles. The Labute approximate surface area is 115 Å². The summed E-state index contributed by atoms with van der Waals surface area (Å²) in [7, 11) is 0. The van der Waals surface area contributed by atoms with Crippen molar-refractivity contribution >= 4 is 27.7 Å². The van der Waals surface area contributed by atoms with Gasteiger partial charge in [-0.25, -0.2) is 0 Å². The van der Waals surface area contributed by atoms with Crippen LogP contribution in [0, 0.1) is 0 Å². The largest absolute Gasteiger partial charge is 0.490 e. The third kappa shape index (κ3) is 3.39. The van der Waals surface area contributed by atoms with E-state index in [1.807, 2.05) is 30.0 Å². The highest BCUT2D eigenvalue weighted by Crippen LogP contribution is 2.37. The van der Waals surface area contributed by atoms with Crippen LogP contribution in [0.15, 0.2) is 22.7 Å². The van der Waals surface area contributed by atoms with Crippen LogP contribution in [0.5, 0.6) is 5.75 Å². The van der Waals surface area contributed by atoms with Gasteiger partial charge >= 0.3 is 0 Å². The van der Waals surface area contributed by atoms with E-state index in [4.69, 9.17) is 4.74 Å². The van der Waals surface area contributed by atoms with Crippen LogP contribution in [0.1, 0.15) is 31.4 Å². The first-order valence-electron chi connectivity index (χ1n) is 5.92. The van der Waals surface area contributed by atoms with Crippen molar-refractivity contribution in [2.24, 2.45) is 0 Å². The number of rotatable bonds is 4. The summed E-state index contributed by atoms with van der Waals surface area (Å²) in [5.74, 6) is 3.05. The molecule has 0 bridgehead atoms. The molecule has 4 heteroatoms. The Kier molecular flexibility index (Phi) is 4.77. The molecule has 1 aliphatic rings. The maximum atomic E-state index is 10.1. The van der Waals surface area contributed by atoms with E-state index >= 15 is 0 Å². The van der Waals surface area contributed by atoms with E-state index in [2.05, 4.69) is 22.9 Å². The Morgan fingerprint density at radius 1 is 1.53 bits per heavy atom. The normalized spacial score (nSPS) is 23.0. The first kappa shape index (κ1) is 13.2. The molecule has 1 aliphatic heterocycles. The summed E-state index contributed by atoms with van der Waals surface area (Å²) >= 11 is 5.34. The fraction of sp³-hybridized carbons (Fsp3) is 0.538. The second kappa shape index (κ2) is 6.12. The third-order valence-electron chi connectivity index (χ3n) is 2.90. The number of benzene rings is 1. The summed E-state index contributed by atoms with van der Waals surface area (Å²) in [4.78, 5) is 0. The van der Waals surface area contributed by atoms with Crippen LogP contribution in [-0.2, 0) is 0 Å². The summed E-state index contributed by atoms with van der Waals surface area (Å²) in [5, 5.41) is 10.1. The topological polar surface area (TPSA) is 29.5 Å². The summed E-state index contributed by atoms with van der Waals surface area (Å²) in [6.45, 7) is 2.16. The van der Waals surface area contributed by atoms with Gasteiger partial charge in [-0.05, 0) is 30.1 Å². The quantitative estimate of drug-likeness (QED) is 0.857. The number of aliphatic hydroxyl groups excluding tert-OH is 1. The summed E-state index contributed by atoms with van der Waals surface area (Å²) < 4.78 is 6.92. The molecule has 1 heterocycles. The molecule has 2 nitrogen and oxygen atoms in total. The molecule has 1 aromatic carbocycles. The molecule has 0 aliphatic carbocycles. The minimum Gasteiger partial charge on any atom is -0.490 e. The monoisotopic (exact) mass is 316 g/mol. The Bertz CT molecular complexity index is 384. The van der Waals surface area contributed by atoms with Crippen molar-refractivity contribution in [2.75, 3.05) is 11.5 Å². The number of aliphatic hydroxyl groups is 1. The molecule has 0 saturated heterocycles. The van der Waals surface area contributed by atoms with Gasteiger partial charge in [0.05, 0.1) is 6.10 Å². The molecule has 17 heavy (non-hydrogen) atoms. The van der Waals surface area contributed by atoms with Crippen molar-refractivity contribution in [1.29, 1.82) is 0 Å². The van der Waals surface area contributed by atoms with E-state index in [1.54, 1.807) is 0 Å². The molecule has 1 unspecified atom stereocenters. The smallest absolute Gasteiger partial charge is 0.126 e. The lowest BCUT2D eigenvalue weighted by atomic mass is 9.98. The molecule has 0 fully saturated rings. The predicted octanol–water partition coefficient (Wildman–Crippen LogP) is 3.78. The van der Waals surface area contributed by atoms with Gasteiger partial charge in [0.1, 0.15) is 11.9 Å². The van der Waals surface area contributed by atoms with Crippen molar-refractivity contribution in [3.05, 3.63) is 28.2 Å². The molecule has 0 spiro atoms. The van der Waals surface area contributed by atoms with Gasteiger partial charge in [0.25, 0.3) is 0 Å². The van der Waals surface area contributed by atoms with Crippen LogP contribution >= 0.6 is 27.7 Å². The molecular weight excluding hydrogens is 300 g/mol. The fourth-order valence-electron chi connectivity index (χ4n) is 2.03. The second-order valence-electron chi connectivity index (χ2n) is 4.16. The lowest BCUT2D eigenvalue weighted by Crippen LogP contribution is -2.26. The van der Waals surface area contributed by atoms with Gasteiger partial charge in [-0.2, -0.15) is 11.8 Å². The first-order valence-corrected chi connectivity index (χ1v) is 7.87. The van der Waals surface area contributed by atoms with Gasteiger partial charge in [0.2, 0.25) is 0 Å². The molecule has 1 N–H and O–H groups in total. The lowest BCUT2D eigenvalue weighted by Gasteiger charge is -2.29. The van der Waals surface area contributed by atoms with Gasteiger partial charge in [-0.1, -0.05) is 28.9 Å². The van der Waals surface area contributed by atoms with Crippen LogP contribution in [0.25, 0.3) is 0 Å². The van der Waals surface area contributed by atoms with Gasteiger partial charge in [0.15, 0.2) is 0 Å². The maximum absolute atomic E-state index is 10.1. The Hall–Kier alpha value is -0.190. The summed E-state index contributed by atoms with van der Waals surface area (Å²) in [6.07, 6.45) is 1.47. The maximum Gasteiger partial charge on any atom is 0.126 e. The zero-order chi connectivity index (χ0) is 12.3. The molecule has 2 atom stereocenters. The average Bonchev–Trinajstić information content (AvgIpc) is 2.28. The van der Waals surface area contributed by atoms with Crippen molar-refractivity contribution < 1.29 is 9.84 Å². The second-order valence-corrected chi connectivity index (χ2v) is 6.47. The van der Waals surface area contributed by atoms with Crippen molar-refractivity contribution in [3.63, 3.8) is 0 Å². The van der Waals surface area contributed by atoms with E-state index in [1.165, 1.54) is 0 Å². The number of halogens is 1. The van der Waals surface area contributed by atoms with Crippen molar-refractivity contribution in [1.82, 2.24) is 0 Å². The summed E-state index contributed by atoms with van der Waals surface area (Å²) in [5.41, 5.74) is 0.910. The number of ether oxygens (including phenoxy) is 1. The van der Waals surface area contributed by atoms with Crippen molar-refractivity contribution in [3.8, 4) is 5.75 Å². The highest BCUT2D eigenvalue weighted by atomic mass is 79.9. The number of hydrogen-bond acceptors (Lipinski definition) is 3. The van der Waals surface area contributed by atoms with Crippen LogP contribution in [0.3, 0.4) is 0 Å². The van der Waals surface area contributed by atoms with E-state index in [0.29, 0.717) is 6.42 Å². The molecular formula is C13H17BrO2S. The first-order chi connectivity index (χ1) is 8.20. The molecule has 0 aromatic heterocycles. The number of thioether (sulfide) groups is 1. The number of fused-ring (bicyclic) bond motifs is 1. The zero-order valence-corrected chi connectivity index (χ0v) is 12.3. The van der Waals surface area contributed by atoms with Gasteiger partial charge < -0.3 is 9.84 Å². The molecule has 1 aromatic rings. The Morgan fingerprint density at radius 3 is 3.12 bits per heavy atom. The van der Waals surface area contributed by atoms with Gasteiger partial charge in [-0.3, -0.25) is 0 Å². The standard InChI is InChI=1S/C13H17BrO2S/c1-2-17-6-5-10-8-12(15)11-4-3-9(14)7-13(11)16-10/h3-4,7,10,12,15H,2,5-6,8H2,1H3/t10?,12-/m1/s1. The van der Waals surface area contributed by atoms with Gasteiger partial charge in [-0.15, -0.1) is 0 Å². The van der Waals surface area contributed by atoms with E-state index in [0.717, 1.165) is 33.7 Å². The SMILES string of the molecule is CCSCCC1C[C@@H](O)c2ccc(Br)cc2O1. The molecule has 2 rings (SSSR count). The third-order valence-corrected chi connectivity index (χ3v) is 4.33. The van der Waals surface area contributed by atoms with Crippen LogP contribution < -0.4 is 4.74 Å². The van der Waals surface area contributed by atoms with E-state index < -0.39 is 0 Å². The minimum atomic E-state index is -0.386.